The van der Waals surface area contributed by atoms with Crippen molar-refractivity contribution in [3.63, 3.8) is 0 Å². The summed E-state index contributed by atoms with van der Waals surface area (Å²) in [4.78, 5) is 3.69. The Morgan fingerprint density at radius 1 is 1.19 bits per heavy atom. The predicted molar refractivity (Wildman–Crippen MR) is 115 cm³/mol. The Kier molecular flexibility index (Phi) is 6.72. The van der Waals surface area contributed by atoms with E-state index in [1.54, 1.807) is 7.11 Å². The Bertz CT molecular complexity index is 750. The highest BCUT2D eigenvalue weighted by Crippen LogP contribution is 2.48. The highest BCUT2D eigenvalue weighted by atomic mass is 32.2. The summed E-state index contributed by atoms with van der Waals surface area (Å²) in [5.74, 6) is 1.87. The van der Waals surface area contributed by atoms with E-state index in [-0.39, 0.29) is 12.0 Å². The average Bonchev–Trinajstić information content (AvgIpc) is 2.89. The second-order valence-corrected chi connectivity index (χ2v) is 8.47. The third-order valence-corrected chi connectivity index (χ3v) is 7.12. The first kappa shape index (κ1) is 20.1. The lowest BCUT2D eigenvalue weighted by Crippen LogP contribution is -2.35. The largest absolute Gasteiger partial charge is 0.496 e. The number of methoxy groups -OCH3 is 1. The van der Waals surface area contributed by atoms with Gasteiger partial charge in [0.05, 0.1) is 19.4 Å². The fraction of sp³-hybridized carbons (Fsp3) is 0.478. The third kappa shape index (κ3) is 4.27. The minimum absolute atomic E-state index is 0.00287. The van der Waals surface area contributed by atoms with Crippen molar-refractivity contribution in [3.05, 3.63) is 48.0 Å². The SMILES string of the molecule is CCCCC1(CC)CSc2cc(CO)c(OC)cc2N(c2ccccc2)C1. The van der Waals surface area contributed by atoms with Gasteiger partial charge in [-0.05, 0) is 36.5 Å². The fourth-order valence-electron chi connectivity index (χ4n) is 3.86. The Morgan fingerprint density at radius 2 is 1.96 bits per heavy atom. The van der Waals surface area contributed by atoms with Crippen molar-refractivity contribution in [3.8, 4) is 5.75 Å². The number of unbranched alkanes of at least 4 members (excludes halogenated alkanes) is 1. The molecule has 0 saturated carbocycles. The normalized spacial score (nSPS) is 19.5. The van der Waals surface area contributed by atoms with Gasteiger partial charge in [-0.3, -0.25) is 0 Å². The summed E-state index contributed by atoms with van der Waals surface area (Å²) in [6.45, 7) is 5.61. The Hall–Kier alpha value is -1.65. The van der Waals surface area contributed by atoms with Gasteiger partial charge >= 0.3 is 0 Å². The number of hydrogen-bond donors (Lipinski definition) is 1. The van der Waals surface area contributed by atoms with E-state index in [9.17, 15) is 5.11 Å². The third-order valence-electron chi connectivity index (χ3n) is 5.73. The summed E-state index contributed by atoms with van der Waals surface area (Å²) in [5, 5.41) is 9.77. The molecule has 2 aromatic carbocycles. The van der Waals surface area contributed by atoms with E-state index in [0.717, 1.165) is 23.6 Å². The molecule has 0 fully saturated rings. The topological polar surface area (TPSA) is 32.7 Å². The molecule has 1 heterocycles. The van der Waals surface area contributed by atoms with Gasteiger partial charge in [-0.2, -0.15) is 0 Å². The molecular weight excluding hydrogens is 354 g/mol. The number of para-hydroxylation sites is 1. The molecule has 0 amide bonds. The molecule has 1 N–H and O–H groups in total. The molecule has 1 atom stereocenters. The van der Waals surface area contributed by atoms with Gasteiger partial charge < -0.3 is 14.7 Å². The summed E-state index contributed by atoms with van der Waals surface area (Å²) in [6, 6.07) is 14.9. The smallest absolute Gasteiger partial charge is 0.126 e. The van der Waals surface area contributed by atoms with Crippen LogP contribution in [-0.2, 0) is 6.61 Å². The van der Waals surface area contributed by atoms with Crippen molar-refractivity contribution in [2.75, 3.05) is 24.3 Å². The molecule has 146 valence electrons. The number of ether oxygens (including phenoxy) is 1. The van der Waals surface area contributed by atoms with Crippen molar-refractivity contribution in [1.82, 2.24) is 0 Å². The number of anilines is 2. The van der Waals surface area contributed by atoms with E-state index in [2.05, 4.69) is 61.2 Å². The number of thioether (sulfide) groups is 1. The highest BCUT2D eigenvalue weighted by Gasteiger charge is 2.35. The van der Waals surface area contributed by atoms with Crippen LogP contribution in [0.25, 0.3) is 0 Å². The second-order valence-electron chi connectivity index (χ2n) is 7.46. The zero-order valence-corrected chi connectivity index (χ0v) is 17.5. The molecule has 27 heavy (non-hydrogen) atoms. The van der Waals surface area contributed by atoms with Crippen molar-refractivity contribution in [2.24, 2.45) is 5.41 Å². The maximum absolute atomic E-state index is 9.77. The molecule has 0 spiro atoms. The standard InChI is InChI=1S/C23H31NO2S/c1-4-6-12-23(5-2)16-24(19-10-8-7-9-11-19)20-14-21(26-3)18(15-25)13-22(20)27-17-23/h7-11,13-14,25H,4-6,12,15-17H2,1-3H3. The van der Waals surface area contributed by atoms with Crippen LogP contribution >= 0.6 is 11.8 Å². The molecule has 0 aliphatic carbocycles. The van der Waals surface area contributed by atoms with Crippen molar-refractivity contribution in [2.45, 2.75) is 51.0 Å². The molecule has 0 saturated heterocycles. The highest BCUT2D eigenvalue weighted by molar-refractivity contribution is 7.99. The van der Waals surface area contributed by atoms with Crippen LogP contribution in [-0.4, -0.2) is 24.5 Å². The average molecular weight is 386 g/mol. The van der Waals surface area contributed by atoms with Gasteiger partial charge in [0, 0.05) is 34.5 Å². The van der Waals surface area contributed by atoms with Gasteiger partial charge in [0.15, 0.2) is 0 Å². The first-order valence-electron chi connectivity index (χ1n) is 9.93. The van der Waals surface area contributed by atoms with E-state index >= 15 is 0 Å². The number of benzene rings is 2. The van der Waals surface area contributed by atoms with Crippen LogP contribution in [0.1, 0.15) is 45.1 Å². The number of hydrogen-bond acceptors (Lipinski definition) is 4. The predicted octanol–water partition coefficient (Wildman–Crippen LogP) is 6.02. The van der Waals surface area contributed by atoms with Gasteiger partial charge in [-0.25, -0.2) is 0 Å². The lowest BCUT2D eigenvalue weighted by molar-refractivity contribution is 0.273. The van der Waals surface area contributed by atoms with Crippen LogP contribution in [0.5, 0.6) is 5.75 Å². The van der Waals surface area contributed by atoms with Gasteiger partial charge in [0.2, 0.25) is 0 Å². The lowest BCUT2D eigenvalue weighted by atomic mass is 9.81. The summed E-state index contributed by atoms with van der Waals surface area (Å²) in [7, 11) is 1.68. The Balaban J connectivity index is 2.10. The summed E-state index contributed by atoms with van der Waals surface area (Å²) < 4.78 is 5.57. The second kappa shape index (κ2) is 9.03. The van der Waals surface area contributed by atoms with Crippen molar-refractivity contribution >= 4 is 23.1 Å². The van der Waals surface area contributed by atoms with Gasteiger partial charge in [-0.15, -0.1) is 11.8 Å². The maximum Gasteiger partial charge on any atom is 0.126 e. The van der Waals surface area contributed by atoms with E-state index in [4.69, 9.17) is 4.74 Å². The molecule has 4 heteroatoms. The van der Waals surface area contributed by atoms with E-state index in [0.29, 0.717) is 0 Å². The van der Waals surface area contributed by atoms with Crippen LogP contribution in [0.3, 0.4) is 0 Å². The van der Waals surface area contributed by atoms with E-state index in [1.165, 1.54) is 42.0 Å². The minimum Gasteiger partial charge on any atom is -0.496 e. The number of rotatable bonds is 7. The van der Waals surface area contributed by atoms with Gasteiger partial charge in [-0.1, -0.05) is 44.9 Å². The minimum atomic E-state index is -0.00287. The summed E-state index contributed by atoms with van der Waals surface area (Å²) in [5.41, 5.74) is 3.54. The van der Waals surface area contributed by atoms with Crippen molar-refractivity contribution in [1.29, 1.82) is 0 Å². The Morgan fingerprint density at radius 3 is 2.59 bits per heavy atom. The molecule has 1 aliphatic heterocycles. The van der Waals surface area contributed by atoms with Crippen LogP contribution in [0.2, 0.25) is 0 Å². The van der Waals surface area contributed by atoms with Gasteiger partial charge in [0.1, 0.15) is 5.75 Å². The molecule has 3 nitrogen and oxygen atoms in total. The van der Waals surface area contributed by atoms with E-state index in [1.807, 2.05) is 11.8 Å². The first-order valence-corrected chi connectivity index (χ1v) is 10.9. The molecule has 0 bridgehead atoms. The maximum atomic E-state index is 9.77. The lowest BCUT2D eigenvalue weighted by Gasteiger charge is -2.36. The fourth-order valence-corrected chi connectivity index (χ4v) is 5.30. The van der Waals surface area contributed by atoms with Crippen molar-refractivity contribution < 1.29 is 9.84 Å². The van der Waals surface area contributed by atoms with Crippen LogP contribution in [0.15, 0.2) is 47.4 Å². The summed E-state index contributed by atoms with van der Waals surface area (Å²) >= 11 is 1.93. The molecular formula is C23H31NO2S. The molecule has 1 aliphatic rings. The Labute approximate surface area is 167 Å². The number of aliphatic hydroxyl groups is 1. The monoisotopic (exact) mass is 385 g/mol. The zero-order chi connectivity index (χ0) is 19.3. The molecule has 0 radical (unpaired) electrons. The molecule has 3 rings (SSSR count). The summed E-state index contributed by atoms with van der Waals surface area (Å²) in [6.07, 6.45) is 4.90. The quantitative estimate of drug-likeness (QED) is 0.632. The van der Waals surface area contributed by atoms with Crippen LogP contribution < -0.4 is 9.64 Å². The van der Waals surface area contributed by atoms with Crippen LogP contribution in [0, 0.1) is 5.41 Å². The number of fused-ring (bicyclic) bond motifs is 1. The first-order chi connectivity index (χ1) is 13.2. The number of aliphatic hydroxyl groups excluding tert-OH is 1. The molecule has 2 aromatic rings. The van der Waals surface area contributed by atoms with Gasteiger partial charge in [0.25, 0.3) is 0 Å². The zero-order valence-electron chi connectivity index (χ0n) is 16.7. The molecule has 0 aromatic heterocycles. The number of nitrogens with zero attached hydrogens (tertiary/aromatic N) is 1. The molecule has 1 unspecified atom stereocenters. The van der Waals surface area contributed by atoms with E-state index < -0.39 is 0 Å². The van der Waals surface area contributed by atoms with Crippen LogP contribution in [0.4, 0.5) is 11.4 Å².